The van der Waals surface area contributed by atoms with E-state index in [1.54, 1.807) is 12.1 Å². The van der Waals surface area contributed by atoms with Crippen LogP contribution in [-0.2, 0) is 10.0 Å². The van der Waals surface area contributed by atoms with Crippen LogP contribution in [0.5, 0.6) is 0 Å². The molecule has 0 amide bonds. The van der Waals surface area contributed by atoms with Crippen LogP contribution in [0.3, 0.4) is 0 Å². The van der Waals surface area contributed by atoms with Gasteiger partial charge >= 0.3 is 0 Å². The summed E-state index contributed by atoms with van der Waals surface area (Å²) in [7, 11) is -2.19. The van der Waals surface area contributed by atoms with E-state index in [0.717, 1.165) is 4.31 Å². The molecule has 5 nitrogen and oxygen atoms in total. The monoisotopic (exact) mass is 273 g/mol. The molecule has 0 radical (unpaired) electrons. The van der Waals surface area contributed by atoms with Crippen molar-refractivity contribution in [3.63, 3.8) is 0 Å². The largest absolute Gasteiger partial charge is 0.395 e. The van der Waals surface area contributed by atoms with Gasteiger partial charge in [-0.1, -0.05) is 19.1 Å². The summed E-state index contributed by atoms with van der Waals surface area (Å²) in [5.74, 6) is 0. The van der Waals surface area contributed by atoms with Crippen molar-refractivity contribution in [2.75, 3.05) is 20.2 Å². The molecule has 18 heavy (non-hydrogen) atoms. The highest BCUT2D eigenvalue weighted by Gasteiger charge is 2.21. The molecule has 1 rings (SSSR count). The van der Waals surface area contributed by atoms with E-state index < -0.39 is 16.1 Å². The lowest BCUT2D eigenvalue weighted by atomic mass is 10.1. The Balaban J connectivity index is 3.10. The van der Waals surface area contributed by atoms with Crippen LogP contribution in [0.25, 0.3) is 0 Å². The van der Waals surface area contributed by atoms with Gasteiger partial charge in [-0.05, 0) is 24.1 Å². The van der Waals surface area contributed by atoms with Crippen LogP contribution in [0.4, 0.5) is 0 Å². The van der Waals surface area contributed by atoms with Crippen molar-refractivity contribution in [1.29, 1.82) is 0 Å². The van der Waals surface area contributed by atoms with Gasteiger partial charge in [-0.25, -0.2) is 8.42 Å². The lowest BCUT2D eigenvalue weighted by Gasteiger charge is -2.17. The molecular weight excluding hydrogens is 254 g/mol. The summed E-state index contributed by atoms with van der Waals surface area (Å²) in [6, 6.07) is 6.25. The zero-order valence-electron chi connectivity index (χ0n) is 10.6. The first-order valence-electron chi connectivity index (χ1n) is 5.78. The highest BCUT2D eigenvalue weighted by molar-refractivity contribution is 7.89. The molecule has 1 atom stereocenters. The first-order chi connectivity index (χ1) is 8.43. The van der Waals surface area contributed by atoms with Gasteiger partial charge in [0, 0.05) is 13.6 Å². The molecule has 0 aliphatic rings. The summed E-state index contributed by atoms with van der Waals surface area (Å²) in [5, 5.41) is 18.5. The number of benzene rings is 1. The van der Waals surface area contributed by atoms with E-state index in [1.165, 1.54) is 19.2 Å². The smallest absolute Gasteiger partial charge is 0.242 e. The summed E-state index contributed by atoms with van der Waals surface area (Å²) in [5.41, 5.74) is 0.580. The Morgan fingerprint density at radius 1 is 1.39 bits per heavy atom. The Morgan fingerprint density at radius 2 is 2.06 bits per heavy atom. The number of rotatable bonds is 6. The molecule has 0 saturated heterocycles. The molecule has 0 heterocycles. The molecule has 0 spiro atoms. The van der Waals surface area contributed by atoms with E-state index in [9.17, 15) is 13.5 Å². The number of hydrogen-bond donors (Lipinski definition) is 2. The van der Waals surface area contributed by atoms with Crippen molar-refractivity contribution < 1.29 is 18.6 Å². The Hall–Kier alpha value is -0.950. The van der Waals surface area contributed by atoms with Crippen molar-refractivity contribution in [3.05, 3.63) is 29.8 Å². The van der Waals surface area contributed by atoms with Gasteiger partial charge in [0.1, 0.15) is 0 Å². The lowest BCUT2D eigenvalue weighted by molar-refractivity contribution is 0.173. The van der Waals surface area contributed by atoms with E-state index in [-0.39, 0.29) is 18.0 Å². The van der Waals surface area contributed by atoms with E-state index in [2.05, 4.69) is 0 Å². The molecule has 0 aromatic heterocycles. The molecular formula is C12H19NO4S. The lowest BCUT2D eigenvalue weighted by Crippen LogP contribution is -2.29. The molecule has 0 fully saturated rings. The Bertz CT molecular complexity index is 487. The summed E-state index contributed by atoms with van der Waals surface area (Å²) in [4.78, 5) is 0.128. The van der Waals surface area contributed by atoms with Gasteiger partial charge in [0.05, 0.1) is 17.6 Å². The predicted molar refractivity (Wildman–Crippen MR) is 68.6 cm³/mol. The number of hydrogen-bond acceptors (Lipinski definition) is 4. The average Bonchev–Trinajstić information content (AvgIpc) is 2.38. The van der Waals surface area contributed by atoms with Gasteiger partial charge in [-0.2, -0.15) is 4.31 Å². The summed E-state index contributed by atoms with van der Waals surface area (Å²) in [6.07, 6.45) is -0.140. The third-order valence-corrected chi connectivity index (χ3v) is 4.61. The summed E-state index contributed by atoms with van der Waals surface area (Å²) in [6.45, 7) is 1.64. The van der Waals surface area contributed by atoms with Gasteiger partial charge in [-0.3, -0.25) is 0 Å². The topological polar surface area (TPSA) is 77.8 Å². The second-order valence-corrected chi connectivity index (χ2v) is 6.09. The molecule has 1 unspecified atom stereocenters. The standard InChI is InChI=1S/C12H19NO4S/c1-3-12(15)10-5-4-6-11(9-10)18(16,17)13(2)7-8-14/h4-6,9,12,14-15H,3,7-8H2,1-2H3. The number of nitrogens with zero attached hydrogens (tertiary/aromatic N) is 1. The Labute approximate surface area is 108 Å². The van der Waals surface area contributed by atoms with Crippen molar-refractivity contribution in [2.24, 2.45) is 0 Å². The fraction of sp³-hybridized carbons (Fsp3) is 0.500. The van der Waals surface area contributed by atoms with E-state index in [0.29, 0.717) is 12.0 Å². The maximum absolute atomic E-state index is 12.1. The molecule has 0 aliphatic heterocycles. The number of aliphatic hydroxyl groups is 2. The molecule has 102 valence electrons. The molecule has 6 heteroatoms. The van der Waals surface area contributed by atoms with Gasteiger partial charge in [0.2, 0.25) is 10.0 Å². The SMILES string of the molecule is CCC(O)c1cccc(S(=O)(=O)N(C)CCO)c1. The van der Waals surface area contributed by atoms with Gasteiger partial charge < -0.3 is 10.2 Å². The molecule has 2 N–H and O–H groups in total. The minimum atomic E-state index is -3.60. The van der Waals surface area contributed by atoms with Crippen LogP contribution in [0.15, 0.2) is 29.2 Å². The van der Waals surface area contributed by atoms with Crippen molar-refractivity contribution in [3.8, 4) is 0 Å². The number of likely N-dealkylation sites (N-methyl/N-ethyl adjacent to an activating group) is 1. The first kappa shape index (κ1) is 15.1. The zero-order valence-corrected chi connectivity index (χ0v) is 11.4. The fourth-order valence-electron chi connectivity index (χ4n) is 1.56. The second kappa shape index (κ2) is 6.29. The van der Waals surface area contributed by atoms with Crippen molar-refractivity contribution in [1.82, 2.24) is 4.31 Å². The van der Waals surface area contributed by atoms with E-state index in [1.807, 2.05) is 6.92 Å². The average molecular weight is 273 g/mol. The molecule has 0 saturated carbocycles. The second-order valence-electron chi connectivity index (χ2n) is 4.05. The normalized spacial score (nSPS) is 13.8. The Kier molecular flexibility index (Phi) is 5.28. The number of aliphatic hydroxyl groups excluding tert-OH is 2. The maximum Gasteiger partial charge on any atom is 0.242 e. The van der Waals surface area contributed by atoms with Crippen LogP contribution >= 0.6 is 0 Å². The van der Waals surface area contributed by atoms with Crippen molar-refractivity contribution >= 4 is 10.0 Å². The molecule has 1 aromatic carbocycles. The maximum atomic E-state index is 12.1. The third kappa shape index (κ3) is 3.29. The quantitative estimate of drug-likeness (QED) is 0.801. The zero-order chi connectivity index (χ0) is 13.8. The van der Waals surface area contributed by atoms with Crippen LogP contribution < -0.4 is 0 Å². The highest BCUT2D eigenvalue weighted by Crippen LogP contribution is 2.21. The fourth-order valence-corrected chi connectivity index (χ4v) is 2.78. The summed E-state index contributed by atoms with van der Waals surface area (Å²) >= 11 is 0. The van der Waals surface area contributed by atoms with Crippen LogP contribution in [0, 0.1) is 0 Å². The Morgan fingerprint density at radius 3 is 2.61 bits per heavy atom. The molecule has 1 aromatic rings. The highest BCUT2D eigenvalue weighted by atomic mass is 32.2. The van der Waals surface area contributed by atoms with E-state index >= 15 is 0 Å². The van der Waals surface area contributed by atoms with Crippen LogP contribution in [-0.4, -0.2) is 43.1 Å². The van der Waals surface area contributed by atoms with Crippen LogP contribution in [0.1, 0.15) is 25.0 Å². The van der Waals surface area contributed by atoms with Gasteiger partial charge in [-0.15, -0.1) is 0 Å². The van der Waals surface area contributed by atoms with Gasteiger partial charge in [0.25, 0.3) is 0 Å². The van der Waals surface area contributed by atoms with Crippen molar-refractivity contribution in [2.45, 2.75) is 24.3 Å². The minimum absolute atomic E-state index is 0.0445. The molecule has 0 bridgehead atoms. The predicted octanol–water partition coefficient (Wildman–Crippen LogP) is 0.743. The number of sulfonamides is 1. The first-order valence-corrected chi connectivity index (χ1v) is 7.22. The minimum Gasteiger partial charge on any atom is -0.395 e. The van der Waals surface area contributed by atoms with E-state index in [4.69, 9.17) is 5.11 Å². The summed E-state index contributed by atoms with van der Waals surface area (Å²) < 4.78 is 25.3. The van der Waals surface area contributed by atoms with Crippen LogP contribution in [0.2, 0.25) is 0 Å². The third-order valence-electron chi connectivity index (χ3n) is 2.75. The molecule has 0 aliphatic carbocycles. The van der Waals surface area contributed by atoms with Gasteiger partial charge in [0.15, 0.2) is 0 Å².